The molecule has 5 aromatic rings. The van der Waals surface area contributed by atoms with Crippen LogP contribution in [0.5, 0.6) is 0 Å². The summed E-state index contributed by atoms with van der Waals surface area (Å²) in [7, 11) is 0. The van der Waals surface area contributed by atoms with E-state index in [1.54, 1.807) is 17.0 Å². The summed E-state index contributed by atoms with van der Waals surface area (Å²) in [5.74, 6) is 0.800. The fourth-order valence-corrected chi connectivity index (χ4v) is 6.34. The van der Waals surface area contributed by atoms with Gasteiger partial charge in [-0.3, -0.25) is 19.6 Å². The van der Waals surface area contributed by atoms with Gasteiger partial charge in [0.25, 0.3) is 5.91 Å². The predicted octanol–water partition coefficient (Wildman–Crippen LogP) is 4.49. The van der Waals surface area contributed by atoms with E-state index in [2.05, 4.69) is 20.4 Å². The molecule has 7 rings (SSSR count). The third kappa shape index (κ3) is 6.23. The number of piperazine rings is 1. The lowest BCUT2D eigenvalue weighted by atomic mass is 9.97. The Morgan fingerprint density at radius 1 is 0.958 bits per heavy atom. The van der Waals surface area contributed by atoms with E-state index >= 15 is 0 Å². The van der Waals surface area contributed by atoms with Gasteiger partial charge in [0.15, 0.2) is 5.82 Å². The zero-order valence-electron chi connectivity index (χ0n) is 25.6. The van der Waals surface area contributed by atoms with Crippen molar-refractivity contribution in [2.45, 2.75) is 31.5 Å². The number of pyridine rings is 1. The molecular weight excluding hydrogens is 624 g/mol. The first-order valence-electron chi connectivity index (χ1n) is 15.5. The summed E-state index contributed by atoms with van der Waals surface area (Å²) in [6.07, 6.45) is 1.34. The van der Waals surface area contributed by atoms with Crippen molar-refractivity contribution in [3.63, 3.8) is 0 Å². The lowest BCUT2D eigenvalue weighted by Gasteiger charge is -2.38. The molecular formula is C33H31F2N9O4. The Labute approximate surface area is 273 Å². The van der Waals surface area contributed by atoms with Crippen LogP contribution in [0.2, 0.25) is 0 Å². The highest BCUT2D eigenvalue weighted by atomic mass is 19.3. The Bertz CT molecular complexity index is 1900. The summed E-state index contributed by atoms with van der Waals surface area (Å²) in [6.45, 7) is -1.04. The molecule has 2 unspecified atom stereocenters. The first-order valence-corrected chi connectivity index (χ1v) is 15.5. The lowest BCUT2D eigenvalue weighted by Crippen LogP contribution is -2.50. The lowest BCUT2D eigenvalue weighted by molar-refractivity contribution is 0.0385. The van der Waals surface area contributed by atoms with E-state index in [0.717, 1.165) is 11.1 Å². The Balaban J connectivity index is 1.08. The van der Waals surface area contributed by atoms with E-state index in [1.165, 1.54) is 11.1 Å². The number of carbonyl (C=O) groups excluding carboxylic acids is 1. The Hall–Kier alpha value is -5.57. The van der Waals surface area contributed by atoms with Gasteiger partial charge in [0, 0.05) is 50.9 Å². The smallest absolute Gasteiger partial charge is 0.407 e. The molecule has 15 heteroatoms. The van der Waals surface area contributed by atoms with Crippen molar-refractivity contribution in [3.05, 3.63) is 113 Å². The molecule has 2 amide bonds. The van der Waals surface area contributed by atoms with E-state index in [0.29, 0.717) is 66.7 Å². The Morgan fingerprint density at radius 2 is 1.69 bits per heavy atom. The number of amides is 2. The van der Waals surface area contributed by atoms with Crippen molar-refractivity contribution >= 4 is 12.0 Å². The van der Waals surface area contributed by atoms with Crippen LogP contribution < -0.4 is 0 Å². The van der Waals surface area contributed by atoms with Gasteiger partial charge in [-0.2, -0.15) is 8.78 Å². The fourth-order valence-electron chi connectivity index (χ4n) is 6.34. The second kappa shape index (κ2) is 13.3. The normalized spacial score (nSPS) is 17.4. The van der Waals surface area contributed by atoms with Gasteiger partial charge in [-0.25, -0.2) is 9.78 Å². The average Bonchev–Trinajstić information content (AvgIpc) is 3.78. The molecule has 5 heterocycles. The maximum atomic E-state index is 13.6. The molecule has 48 heavy (non-hydrogen) atoms. The first-order chi connectivity index (χ1) is 23.4. The van der Waals surface area contributed by atoms with Gasteiger partial charge in [0.1, 0.15) is 17.1 Å². The van der Waals surface area contributed by atoms with Crippen LogP contribution in [-0.2, 0) is 12.8 Å². The summed E-state index contributed by atoms with van der Waals surface area (Å²) in [6, 6.07) is 21.3. The molecule has 2 aliphatic heterocycles. The second-order valence-corrected chi connectivity index (χ2v) is 11.6. The van der Waals surface area contributed by atoms with Gasteiger partial charge in [0.05, 0.1) is 12.1 Å². The highest BCUT2D eigenvalue weighted by molar-refractivity contribution is 5.93. The van der Waals surface area contributed by atoms with Crippen LogP contribution in [0, 0.1) is 0 Å². The number of hydrogen-bond acceptors (Lipinski definition) is 9. The molecule has 0 bridgehead atoms. The Kier molecular flexibility index (Phi) is 8.59. The number of hydrogen-bond donors (Lipinski definition) is 1. The number of nitrogens with zero attached hydrogens (tertiary/aromatic N) is 9. The predicted molar refractivity (Wildman–Crippen MR) is 166 cm³/mol. The third-order valence-electron chi connectivity index (χ3n) is 8.69. The maximum absolute atomic E-state index is 13.6. The number of benzene rings is 2. The monoisotopic (exact) mass is 655 g/mol. The molecule has 0 spiro atoms. The van der Waals surface area contributed by atoms with Gasteiger partial charge in [-0.15, -0.1) is 10.2 Å². The van der Waals surface area contributed by atoms with Crippen molar-refractivity contribution in [2.24, 2.45) is 0 Å². The number of carbonyl (C=O) groups is 2. The molecule has 1 fully saturated rings. The molecule has 2 aromatic carbocycles. The van der Waals surface area contributed by atoms with Crippen LogP contribution in [0.25, 0.3) is 11.5 Å². The molecule has 2 aliphatic rings. The molecule has 13 nitrogen and oxygen atoms in total. The highest BCUT2D eigenvalue weighted by Crippen LogP contribution is 2.35. The number of alkyl halides is 2. The van der Waals surface area contributed by atoms with Crippen LogP contribution >= 0.6 is 0 Å². The van der Waals surface area contributed by atoms with Gasteiger partial charge in [-0.05, 0) is 34.9 Å². The molecule has 0 radical (unpaired) electrons. The van der Waals surface area contributed by atoms with Gasteiger partial charge in [-0.1, -0.05) is 65.5 Å². The number of rotatable bonds is 8. The van der Waals surface area contributed by atoms with Crippen LogP contribution in [0.1, 0.15) is 57.5 Å². The summed E-state index contributed by atoms with van der Waals surface area (Å²) in [5.41, 5.74) is 3.14. The number of tetrazole rings is 1. The summed E-state index contributed by atoms with van der Waals surface area (Å²) in [4.78, 5) is 40.3. The molecule has 3 aromatic heterocycles. The minimum Gasteiger partial charge on any atom is -0.465 e. The average molecular weight is 656 g/mol. The van der Waals surface area contributed by atoms with Crippen LogP contribution in [0.4, 0.5) is 13.6 Å². The fraction of sp³-hybridized carbons (Fsp3) is 0.303. The Morgan fingerprint density at radius 3 is 2.38 bits per heavy atom. The minimum atomic E-state index is -2.91. The van der Waals surface area contributed by atoms with Crippen molar-refractivity contribution < 1.29 is 27.9 Å². The highest BCUT2D eigenvalue weighted by Gasteiger charge is 2.36. The number of fused-ring (bicyclic) bond motifs is 1. The minimum absolute atomic E-state index is 0.154. The van der Waals surface area contributed by atoms with E-state index in [4.69, 9.17) is 9.40 Å². The van der Waals surface area contributed by atoms with Crippen LogP contribution in [0.15, 0.2) is 83.4 Å². The van der Waals surface area contributed by atoms with E-state index in [1.807, 2.05) is 65.6 Å². The number of aromatic nitrogens is 6. The number of oxazole rings is 1. The van der Waals surface area contributed by atoms with Crippen LogP contribution in [0.3, 0.4) is 0 Å². The maximum Gasteiger partial charge on any atom is 0.407 e. The van der Waals surface area contributed by atoms with Gasteiger partial charge in [0.2, 0.25) is 5.89 Å². The number of carboxylic acid groups (broad SMARTS) is 1. The van der Waals surface area contributed by atoms with E-state index in [9.17, 15) is 23.5 Å². The van der Waals surface area contributed by atoms with Crippen molar-refractivity contribution in [2.75, 3.05) is 32.7 Å². The zero-order chi connectivity index (χ0) is 33.2. The molecule has 2 atom stereocenters. The van der Waals surface area contributed by atoms with Crippen molar-refractivity contribution in [1.82, 2.24) is 44.9 Å². The zero-order valence-corrected chi connectivity index (χ0v) is 25.6. The molecule has 0 saturated carbocycles. The van der Waals surface area contributed by atoms with E-state index < -0.39 is 24.7 Å². The number of halogens is 2. The quantitative estimate of drug-likeness (QED) is 0.254. The SMILES string of the molecule is O=C(c1cc(-c2nc3c(o2)CCN(C(=O)O)C3Cc2ccccc2)ccn1)N1CCN(C(c2ccccc2)c2nnn(C(F)F)n2)CC1. The molecule has 246 valence electrons. The topological polar surface area (TPSA) is 147 Å². The standard InChI is InChI=1S/C33H31F2N9O4/c34-32(35)44-39-29(38-40-44)28(22-9-5-2-6-10-22)41-15-17-42(18-16-41)31(45)24-20-23(11-13-36-24)30-37-27-25(19-21-7-3-1-4-8-21)43(33(46)47)14-12-26(27)48-30/h1-11,13,20,25,28,32H,12,14-19H2,(H,46,47). The van der Waals surface area contributed by atoms with Gasteiger partial charge >= 0.3 is 12.6 Å². The summed E-state index contributed by atoms with van der Waals surface area (Å²) < 4.78 is 32.6. The second-order valence-electron chi connectivity index (χ2n) is 11.6. The third-order valence-corrected chi connectivity index (χ3v) is 8.69. The largest absolute Gasteiger partial charge is 0.465 e. The van der Waals surface area contributed by atoms with Crippen molar-refractivity contribution in [3.8, 4) is 11.5 Å². The first kappa shape index (κ1) is 31.1. The summed E-state index contributed by atoms with van der Waals surface area (Å²) >= 11 is 0. The molecule has 1 N–H and O–H groups in total. The summed E-state index contributed by atoms with van der Waals surface area (Å²) in [5, 5.41) is 21.3. The van der Waals surface area contributed by atoms with Crippen molar-refractivity contribution in [1.29, 1.82) is 0 Å². The molecule has 0 aliphatic carbocycles. The van der Waals surface area contributed by atoms with Crippen LogP contribution in [-0.4, -0.2) is 94.7 Å². The van der Waals surface area contributed by atoms with E-state index in [-0.39, 0.29) is 24.0 Å². The van der Waals surface area contributed by atoms with Gasteiger partial charge < -0.3 is 14.4 Å². The molecule has 1 saturated heterocycles.